The van der Waals surface area contributed by atoms with Crippen LogP contribution in [0.3, 0.4) is 0 Å². The molecule has 0 atom stereocenters. The lowest BCUT2D eigenvalue weighted by Gasteiger charge is -2.00. The first-order chi connectivity index (χ1) is 9.43. The van der Waals surface area contributed by atoms with Gasteiger partial charge >= 0.3 is 0 Å². The molecule has 4 heteroatoms. The van der Waals surface area contributed by atoms with Crippen molar-refractivity contribution in [3.8, 4) is 11.3 Å². The summed E-state index contributed by atoms with van der Waals surface area (Å²) in [4.78, 5) is 16.0. The third-order valence-electron chi connectivity index (χ3n) is 3.26. The molecule has 1 aromatic carbocycles. The molecule has 0 aliphatic carbocycles. The number of para-hydroxylation sites is 1. The summed E-state index contributed by atoms with van der Waals surface area (Å²) < 4.78 is 0. The lowest BCUT2D eigenvalue weighted by molar-refractivity contribution is 1.16. The lowest BCUT2D eigenvalue weighted by Crippen LogP contribution is -1.87. The van der Waals surface area contributed by atoms with Crippen LogP contribution in [0.4, 0.5) is 0 Å². The minimum Gasteiger partial charge on any atom is -0.353 e. The smallest absolute Gasteiger partial charge is 0.115 e. The number of aromatic nitrogens is 4. The Kier molecular flexibility index (Phi) is 2.08. The average Bonchev–Trinajstić information content (AvgIpc) is 2.87. The molecule has 0 aliphatic rings. The maximum absolute atomic E-state index is 4.46. The van der Waals surface area contributed by atoms with Gasteiger partial charge in [-0.25, -0.2) is 9.97 Å². The molecular weight excluding hydrogens is 236 g/mol. The van der Waals surface area contributed by atoms with Gasteiger partial charge in [0.1, 0.15) is 6.33 Å². The van der Waals surface area contributed by atoms with E-state index in [1.54, 1.807) is 12.4 Å². The van der Waals surface area contributed by atoms with E-state index in [1.807, 2.05) is 24.4 Å². The topological polar surface area (TPSA) is 54.5 Å². The Morgan fingerprint density at radius 1 is 0.895 bits per heavy atom. The molecule has 90 valence electrons. The highest BCUT2D eigenvalue weighted by Gasteiger charge is 2.10. The van der Waals surface area contributed by atoms with Gasteiger partial charge in [-0.1, -0.05) is 18.2 Å². The highest BCUT2D eigenvalue weighted by Crippen LogP contribution is 2.30. The van der Waals surface area contributed by atoms with E-state index in [9.17, 15) is 0 Å². The molecule has 4 aromatic rings. The zero-order chi connectivity index (χ0) is 12.7. The van der Waals surface area contributed by atoms with Crippen molar-refractivity contribution in [3.63, 3.8) is 0 Å². The number of hydrogen-bond acceptors (Lipinski definition) is 3. The molecule has 0 saturated carbocycles. The Balaban J connectivity index is 2.13. The number of rotatable bonds is 1. The molecule has 0 radical (unpaired) electrons. The Bertz CT molecular complexity index is 865. The number of H-pyrrole nitrogens is 1. The quantitative estimate of drug-likeness (QED) is 0.561. The molecule has 0 aliphatic heterocycles. The summed E-state index contributed by atoms with van der Waals surface area (Å²) in [5.41, 5.74) is 3.94. The fourth-order valence-corrected chi connectivity index (χ4v) is 2.41. The minimum atomic E-state index is 0.884. The van der Waals surface area contributed by atoms with E-state index in [2.05, 4.69) is 32.1 Å². The Labute approximate surface area is 109 Å². The highest BCUT2D eigenvalue weighted by molar-refractivity contribution is 6.10. The standard InChI is InChI=1S/C15H10N4/c1-2-4-13-11(3-1)12-5-6-18-14(15(12)19-13)10-7-16-9-17-8-10/h1-9,19H. The van der Waals surface area contributed by atoms with Crippen molar-refractivity contribution in [2.75, 3.05) is 0 Å². The lowest BCUT2D eigenvalue weighted by atomic mass is 10.1. The van der Waals surface area contributed by atoms with Crippen LogP contribution in [0.5, 0.6) is 0 Å². The molecule has 0 fully saturated rings. The maximum atomic E-state index is 4.46. The summed E-state index contributed by atoms with van der Waals surface area (Å²) in [5.74, 6) is 0. The predicted octanol–water partition coefficient (Wildman–Crippen LogP) is 3.17. The third kappa shape index (κ3) is 1.50. The summed E-state index contributed by atoms with van der Waals surface area (Å²) in [7, 11) is 0. The molecule has 0 spiro atoms. The second-order valence-corrected chi connectivity index (χ2v) is 4.38. The maximum Gasteiger partial charge on any atom is 0.115 e. The third-order valence-corrected chi connectivity index (χ3v) is 3.26. The van der Waals surface area contributed by atoms with Gasteiger partial charge in [0.15, 0.2) is 0 Å². The van der Waals surface area contributed by atoms with E-state index >= 15 is 0 Å². The Hall–Kier alpha value is -2.75. The van der Waals surface area contributed by atoms with Crippen LogP contribution in [0.15, 0.2) is 55.2 Å². The second kappa shape index (κ2) is 3.88. The zero-order valence-corrected chi connectivity index (χ0v) is 10.0. The van der Waals surface area contributed by atoms with Crippen molar-refractivity contribution in [3.05, 3.63) is 55.2 Å². The molecule has 0 unspecified atom stereocenters. The number of fused-ring (bicyclic) bond motifs is 3. The first-order valence-corrected chi connectivity index (χ1v) is 6.04. The van der Waals surface area contributed by atoms with Gasteiger partial charge < -0.3 is 4.98 Å². The molecule has 4 nitrogen and oxygen atoms in total. The average molecular weight is 246 g/mol. The van der Waals surface area contributed by atoms with E-state index in [0.717, 1.165) is 22.3 Å². The Morgan fingerprint density at radius 2 is 1.74 bits per heavy atom. The molecule has 3 heterocycles. The Morgan fingerprint density at radius 3 is 2.63 bits per heavy atom. The number of nitrogens with zero attached hydrogens (tertiary/aromatic N) is 3. The van der Waals surface area contributed by atoms with Crippen LogP contribution in [-0.4, -0.2) is 19.9 Å². The fourth-order valence-electron chi connectivity index (χ4n) is 2.41. The number of pyridine rings is 1. The second-order valence-electron chi connectivity index (χ2n) is 4.38. The van der Waals surface area contributed by atoms with Gasteiger partial charge in [-0.3, -0.25) is 4.98 Å². The largest absolute Gasteiger partial charge is 0.353 e. The van der Waals surface area contributed by atoms with E-state index in [0.29, 0.717) is 0 Å². The highest BCUT2D eigenvalue weighted by atomic mass is 14.8. The van der Waals surface area contributed by atoms with Gasteiger partial charge in [0.2, 0.25) is 0 Å². The number of nitrogens with one attached hydrogen (secondary N) is 1. The first kappa shape index (κ1) is 10.2. The van der Waals surface area contributed by atoms with Gasteiger partial charge in [-0.05, 0) is 12.1 Å². The summed E-state index contributed by atoms with van der Waals surface area (Å²) >= 11 is 0. The minimum absolute atomic E-state index is 0.884. The number of aromatic amines is 1. The molecule has 0 amide bonds. The van der Waals surface area contributed by atoms with E-state index in [-0.39, 0.29) is 0 Å². The molecule has 0 saturated heterocycles. The summed E-state index contributed by atoms with van der Waals surface area (Å²) in [6.07, 6.45) is 6.90. The summed E-state index contributed by atoms with van der Waals surface area (Å²) in [6.45, 7) is 0. The normalized spacial score (nSPS) is 11.2. The van der Waals surface area contributed by atoms with Crippen molar-refractivity contribution in [2.24, 2.45) is 0 Å². The molecule has 4 rings (SSSR count). The SMILES string of the molecule is c1ccc2c(c1)[nH]c1c(-c3cncnc3)nccc12. The van der Waals surface area contributed by atoms with Gasteiger partial charge in [0.05, 0.1) is 11.2 Å². The first-order valence-electron chi connectivity index (χ1n) is 6.04. The van der Waals surface area contributed by atoms with E-state index in [1.165, 1.54) is 17.1 Å². The van der Waals surface area contributed by atoms with Crippen LogP contribution >= 0.6 is 0 Å². The van der Waals surface area contributed by atoms with Crippen LogP contribution < -0.4 is 0 Å². The van der Waals surface area contributed by atoms with Crippen LogP contribution in [-0.2, 0) is 0 Å². The van der Waals surface area contributed by atoms with Gasteiger partial charge in [-0.2, -0.15) is 0 Å². The zero-order valence-electron chi connectivity index (χ0n) is 10.0. The van der Waals surface area contributed by atoms with Crippen LogP contribution in [0, 0.1) is 0 Å². The van der Waals surface area contributed by atoms with Crippen molar-refractivity contribution in [2.45, 2.75) is 0 Å². The van der Waals surface area contributed by atoms with Crippen molar-refractivity contribution < 1.29 is 0 Å². The van der Waals surface area contributed by atoms with Crippen molar-refractivity contribution in [1.29, 1.82) is 0 Å². The van der Waals surface area contributed by atoms with Crippen molar-refractivity contribution in [1.82, 2.24) is 19.9 Å². The molecular formula is C15H10N4. The van der Waals surface area contributed by atoms with Crippen LogP contribution in [0.1, 0.15) is 0 Å². The molecule has 1 N–H and O–H groups in total. The number of hydrogen-bond donors (Lipinski definition) is 1. The summed E-state index contributed by atoms with van der Waals surface area (Å²) in [5, 5.41) is 2.38. The van der Waals surface area contributed by atoms with Crippen LogP contribution in [0.25, 0.3) is 33.1 Å². The van der Waals surface area contributed by atoms with Gasteiger partial charge in [-0.15, -0.1) is 0 Å². The van der Waals surface area contributed by atoms with Crippen molar-refractivity contribution >= 4 is 21.8 Å². The molecule has 3 aromatic heterocycles. The van der Waals surface area contributed by atoms with E-state index in [4.69, 9.17) is 0 Å². The van der Waals surface area contributed by atoms with Crippen LogP contribution in [0.2, 0.25) is 0 Å². The van der Waals surface area contributed by atoms with Gasteiger partial charge in [0.25, 0.3) is 0 Å². The van der Waals surface area contributed by atoms with Gasteiger partial charge in [0, 0.05) is 40.4 Å². The summed E-state index contributed by atoms with van der Waals surface area (Å²) in [6, 6.07) is 10.3. The fraction of sp³-hybridized carbons (Fsp3) is 0. The molecule has 0 bridgehead atoms. The number of benzene rings is 1. The van der Waals surface area contributed by atoms with E-state index < -0.39 is 0 Å². The molecule has 19 heavy (non-hydrogen) atoms. The monoisotopic (exact) mass is 246 g/mol. The predicted molar refractivity (Wildman–Crippen MR) is 74.6 cm³/mol.